The quantitative estimate of drug-likeness (QED) is 0.797. The third-order valence-corrected chi connectivity index (χ3v) is 2.67. The monoisotopic (exact) mass is 277 g/mol. The smallest absolute Gasteiger partial charge is 0.273 e. The lowest BCUT2D eigenvalue weighted by Crippen LogP contribution is -2.36. The van der Waals surface area contributed by atoms with Gasteiger partial charge in [-0.15, -0.1) is 0 Å². The Hall–Kier alpha value is -2.41. The van der Waals surface area contributed by atoms with E-state index < -0.39 is 12.0 Å². The number of hydrogen-bond donors (Lipinski definition) is 2. The lowest BCUT2D eigenvalue weighted by molar-refractivity contribution is 0.0894. The molecule has 0 unspecified atom stereocenters. The Morgan fingerprint density at radius 1 is 1.55 bits per heavy atom. The summed E-state index contributed by atoms with van der Waals surface area (Å²) in [6.07, 6.45) is 0.709. The van der Waals surface area contributed by atoms with E-state index >= 15 is 0 Å². The molecule has 0 bridgehead atoms. The molecule has 106 valence electrons. The van der Waals surface area contributed by atoms with Gasteiger partial charge < -0.3 is 19.5 Å². The molecular weight excluding hydrogens is 262 g/mol. The molecule has 1 atom stereocenters. The molecular formula is C13H15N3O4. The number of carbonyl (C=O) groups excluding carboxylic acids is 1. The molecule has 2 aromatic heterocycles. The number of rotatable bonds is 5. The number of aliphatic hydroxyl groups is 1. The molecule has 0 saturated heterocycles. The first-order chi connectivity index (χ1) is 9.56. The van der Waals surface area contributed by atoms with Crippen LogP contribution in [0.5, 0.6) is 0 Å². The molecule has 0 aliphatic carbocycles. The molecule has 0 spiro atoms. The van der Waals surface area contributed by atoms with Gasteiger partial charge in [0, 0.05) is 24.9 Å². The van der Waals surface area contributed by atoms with Crippen molar-refractivity contribution in [3.8, 4) is 0 Å². The summed E-state index contributed by atoms with van der Waals surface area (Å²) in [5, 5.41) is 15.9. The second kappa shape index (κ2) is 6.16. The fraction of sp³-hybridized carbons (Fsp3) is 0.308. The minimum atomic E-state index is -0.868. The number of nitrogens with one attached hydrogen (secondary N) is 1. The molecule has 0 fully saturated rings. The van der Waals surface area contributed by atoms with Gasteiger partial charge in [-0.25, -0.2) is 0 Å². The Morgan fingerprint density at radius 2 is 2.35 bits per heavy atom. The minimum Gasteiger partial charge on any atom is -0.389 e. The number of nitrogens with zero attached hydrogens (tertiary/aromatic N) is 2. The van der Waals surface area contributed by atoms with Crippen LogP contribution >= 0.6 is 0 Å². The number of aliphatic hydroxyl groups excluding tert-OH is 1. The van der Waals surface area contributed by atoms with Gasteiger partial charge >= 0.3 is 0 Å². The van der Waals surface area contributed by atoms with Crippen molar-refractivity contribution >= 4 is 5.91 Å². The summed E-state index contributed by atoms with van der Waals surface area (Å²) < 4.78 is 6.16. The minimum absolute atomic E-state index is 0.0199. The van der Waals surface area contributed by atoms with Crippen LogP contribution in [0.3, 0.4) is 0 Å². The van der Waals surface area contributed by atoms with Gasteiger partial charge in [-0.2, -0.15) is 0 Å². The Labute approximate surface area is 114 Å². The number of hydrogen-bond acceptors (Lipinski definition) is 5. The van der Waals surface area contributed by atoms with E-state index in [9.17, 15) is 14.7 Å². The Bertz CT molecular complexity index is 647. The first-order valence-electron chi connectivity index (χ1n) is 6.11. The zero-order valence-electron chi connectivity index (χ0n) is 10.9. The van der Waals surface area contributed by atoms with Gasteiger partial charge in [0.2, 0.25) is 0 Å². The maximum Gasteiger partial charge on any atom is 0.273 e. The largest absolute Gasteiger partial charge is 0.389 e. The topological polar surface area (TPSA) is 97.4 Å². The van der Waals surface area contributed by atoms with Gasteiger partial charge in [-0.3, -0.25) is 9.59 Å². The number of pyridine rings is 1. The average molecular weight is 277 g/mol. The third kappa shape index (κ3) is 3.55. The van der Waals surface area contributed by atoms with Crippen LogP contribution in [0.15, 0.2) is 39.8 Å². The zero-order valence-corrected chi connectivity index (χ0v) is 10.9. The third-order valence-electron chi connectivity index (χ3n) is 2.67. The molecule has 7 nitrogen and oxygen atoms in total. The second-order valence-electron chi connectivity index (χ2n) is 4.38. The average Bonchev–Trinajstić information content (AvgIpc) is 2.85. The van der Waals surface area contributed by atoms with Crippen molar-refractivity contribution in [1.82, 2.24) is 15.0 Å². The van der Waals surface area contributed by atoms with Crippen LogP contribution in [0.25, 0.3) is 0 Å². The molecule has 0 radical (unpaired) electrons. The van der Waals surface area contributed by atoms with Crippen molar-refractivity contribution < 1.29 is 14.4 Å². The van der Waals surface area contributed by atoms with Crippen molar-refractivity contribution in [2.75, 3.05) is 6.54 Å². The molecule has 1 amide bonds. The van der Waals surface area contributed by atoms with Gasteiger partial charge in [0.05, 0.1) is 12.6 Å². The summed E-state index contributed by atoms with van der Waals surface area (Å²) >= 11 is 0. The Balaban J connectivity index is 1.86. The summed E-state index contributed by atoms with van der Waals surface area (Å²) in [5.74, 6) is 0.104. The maximum atomic E-state index is 11.7. The number of carbonyl (C=O) groups is 1. The predicted molar refractivity (Wildman–Crippen MR) is 70.3 cm³/mol. The molecule has 0 aromatic carbocycles. The molecule has 2 N–H and O–H groups in total. The predicted octanol–water partition coefficient (Wildman–Crippen LogP) is -0.0644. The summed E-state index contributed by atoms with van der Waals surface area (Å²) in [5.41, 5.74) is -0.0448. The lowest BCUT2D eigenvalue weighted by Gasteiger charge is -2.12. The van der Waals surface area contributed by atoms with Crippen LogP contribution in [0, 0.1) is 6.92 Å². The number of aryl methyl sites for hydroxylation is 1. The highest BCUT2D eigenvalue weighted by Crippen LogP contribution is 2.01. The van der Waals surface area contributed by atoms with E-state index in [-0.39, 0.29) is 24.3 Å². The fourth-order valence-electron chi connectivity index (χ4n) is 1.68. The highest BCUT2D eigenvalue weighted by molar-refractivity contribution is 5.92. The molecule has 2 rings (SSSR count). The number of aromatic nitrogens is 2. The van der Waals surface area contributed by atoms with Crippen LogP contribution in [-0.2, 0) is 6.54 Å². The summed E-state index contributed by atoms with van der Waals surface area (Å²) in [6.45, 7) is 1.81. The molecule has 0 aliphatic rings. The first-order valence-corrected chi connectivity index (χ1v) is 6.11. The van der Waals surface area contributed by atoms with Gasteiger partial charge in [0.15, 0.2) is 5.69 Å². The van der Waals surface area contributed by atoms with Crippen molar-refractivity contribution in [2.24, 2.45) is 0 Å². The maximum absolute atomic E-state index is 11.7. The molecule has 20 heavy (non-hydrogen) atoms. The van der Waals surface area contributed by atoms with Crippen LogP contribution in [0.1, 0.15) is 16.2 Å². The van der Waals surface area contributed by atoms with E-state index in [0.29, 0.717) is 5.76 Å². The molecule has 2 aromatic rings. The summed E-state index contributed by atoms with van der Waals surface area (Å²) in [4.78, 5) is 23.1. The highest BCUT2D eigenvalue weighted by atomic mass is 16.5. The van der Waals surface area contributed by atoms with Crippen LogP contribution in [0.4, 0.5) is 0 Å². The zero-order chi connectivity index (χ0) is 14.5. The SMILES string of the molecule is Cc1cc(C(=O)NC[C@@H](O)Cn2ccccc2=O)no1. The number of amides is 1. The van der Waals surface area contributed by atoms with E-state index in [1.54, 1.807) is 25.3 Å². The Kier molecular flexibility index (Phi) is 4.31. The second-order valence-corrected chi connectivity index (χ2v) is 4.38. The van der Waals surface area contributed by atoms with Crippen LogP contribution < -0.4 is 10.9 Å². The Morgan fingerprint density at radius 3 is 3.00 bits per heavy atom. The molecule has 0 aliphatic heterocycles. The van der Waals surface area contributed by atoms with Crippen molar-refractivity contribution in [2.45, 2.75) is 19.6 Å². The summed E-state index contributed by atoms with van der Waals surface area (Å²) in [7, 11) is 0. The van der Waals surface area contributed by atoms with E-state index in [1.807, 2.05) is 0 Å². The van der Waals surface area contributed by atoms with Crippen molar-refractivity contribution in [3.05, 3.63) is 52.3 Å². The summed E-state index contributed by atoms with van der Waals surface area (Å²) in [6, 6.07) is 6.23. The van der Waals surface area contributed by atoms with Crippen molar-refractivity contribution in [3.63, 3.8) is 0 Å². The standard InChI is InChI=1S/C13H15N3O4/c1-9-6-11(15-20-9)13(19)14-7-10(17)8-16-5-3-2-4-12(16)18/h2-6,10,17H,7-8H2,1H3,(H,14,19)/t10-/m1/s1. The van der Waals surface area contributed by atoms with E-state index in [2.05, 4.69) is 10.5 Å². The molecule has 2 heterocycles. The van der Waals surface area contributed by atoms with Gasteiger partial charge in [-0.05, 0) is 13.0 Å². The van der Waals surface area contributed by atoms with Gasteiger partial charge in [-0.1, -0.05) is 11.2 Å². The van der Waals surface area contributed by atoms with Crippen molar-refractivity contribution in [1.29, 1.82) is 0 Å². The van der Waals surface area contributed by atoms with Crippen LogP contribution in [0.2, 0.25) is 0 Å². The highest BCUT2D eigenvalue weighted by Gasteiger charge is 2.13. The van der Waals surface area contributed by atoms with Gasteiger partial charge in [0.25, 0.3) is 11.5 Å². The lowest BCUT2D eigenvalue weighted by atomic mass is 10.3. The van der Waals surface area contributed by atoms with Crippen LogP contribution in [-0.4, -0.2) is 33.4 Å². The fourth-order valence-corrected chi connectivity index (χ4v) is 1.68. The molecule has 0 saturated carbocycles. The van der Waals surface area contributed by atoms with Gasteiger partial charge in [0.1, 0.15) is 5.76 Å². The van der Waals surface area contributed by atoms with E-state index in [4.69, 9.17) is 4.52 Å². The first kappa shape index (κ1) is 14.0. The van der Waals surface area contributed by atoms with E-state index in [0.717, 1.165) is 0 Å². The normalized spacial score (nSPS) is 12.1. The van der Waals surface area contributed by atoms with E-state index in [1.165, 1.54) is 16.7 Å². The molecule has 7 heteroatoms.